The Hall–Kier alpha value is -3.42. The first-order valence-corrected chi connectivity index (χ1v) is 7.30. The lowest BCUT2D eigenvalue weighted by molar-refractivity contribution is -0.123. The molecule has 0 saturated heterocycles. The molecule has 2 N–H and O–H groups in total. The van der Waals surface area contributed by atoms with Crippen LogP contribution in [-0.4, -0.2) is 36.0 Å². The van der Waals surface area contributed by atoms with Crippen LogP contribution in [0.25, 0.3) is 0 Å². The summed E-state index contributed by atoms with van der Waals surface area (Å²) in [5.41, 5.74) is 0.129. The number of carbonyl (C=O) groups excluding carboxylic acids is 2. The van der Waals surface area contributed by atoms with Crippen molar-refractivity contribution < 1.29 is 28.6 Å². The second-order valence-corrected chi connectivity index (χ2v) is 5.28. The molecule has 128 valence electrons. The van der Waals surface area contributed by atoms with Crippen molar-refractivity contribution in [3.8, 4) is 5.75 Å². The summed E-state index contributed by atoms with van der Waals surface area (Å²) in [5, 5.41) is 11.5. The van der Waals surface area contributed by atoms with Crippen molar-refractivity contribution in [3.63, 3.8) is 0 Å². The highest BCUT2D eigenvalue weighted by Crippen LogP contribution is 2.33. The van der Waals surface area contributed by atoms with E-state index in [0.29, 0.717) is 5.75 Å². The molecule has 8 heteroatoms. The van der Waals surface area contributed by atoms with Gasteiger partial charge in [-0.3, -0.25) is 14.5 Å². The van der Waals surface area contributed by atoms with Gasteiger partial charge >= 0.3 is 5.97 Å². The van der Waals surface area contributed by atoms with Crippen LogP contribution in [0.5, 0.6) is 5.75 Å². The smallest absolute Gasteiger partial charge is 0.335 e. The Labute approximate surface area is 141 Å². The van der Waals surface area contributed by atoms with E-state index in [1.807, 2.05) is 0 Å². The number of carbonyl (C=O) groups is 3. The lowest BCUT2D eigenvalue weighted by Gasteiger charge is -2.29. The zero-order chi connectivity index (χ0) is 18.0. The molecule has 2 amide bonds. The fourth-order valence-electron chi connectivity index (χ4n) is 2.40. The predicted molar refractivity (Wildman–Crippen MR) is 86.3 cm³/mol. The van der Waals surface area contributed by atoms with Crippen LogP contribution in [0.1, 0.15) is 10.4 Å². The molecule has 0 atom stereocenters. The molecule has 2 aromatic rings. The van der Waals surface area contributed by atoms with Gasteiger partial charge in [0.1, 0.15) is 18.1 Å². The van der Waals surface area contributed by atoms with Crippen molar-refractivity contribution in [2.24, 2.45) is 0 Å². The largest absolute Gasteiger partial charge is 0.482 e. The molecule has 0 fully saturated rings. The Morgan fingerprint density at radius 3 is 2.72 bits per heavy atom. The summed E-state index contributed by atoms with van der Waals surface area (Å²) >= 11 is 0. The maximum Gasteiger partial charge on any atom is 0.335 e. The topological polar surface area (TPSA) is 95.9 Å². The number of anilines is 2. The van der Waals surface area contributed by atoms with Crippen LogP contribution in [0.3, 0.4) is 0 Å². The maximum atomic E-state index is 13.6. The van der Waals surface area contributed by atoms with Gasteiger partial charge in [-0.05, 0) is 30.3 Å². The number of benzene rings is 2. The molecule has 0 spiro atoms. The van der Waals surface area contributed by atoms with Crippen molar-refractivity contribution in [1.29, 1.82) is 0 Å². The molecule has 0 aromatic heterocycles. The van der Waals surface area contributed by atoms with E-state index in [1.54, 1.807) is 6.07 Å². The van der Waals surface area contributed by atoms with Gasteiger partial charge in [0.25, 0.3) is 5.91 Å². The number of carboxylic acids is 1. The van der Waals surface area contributed by atoms with E-state index in [9.17, 15) is 18.8 Å². The van der Waals surface area contributed by atoms with E-state index in [0.717, 1.165) is 4.90 Å². The number of amides is 2. The number of aromatic carboxylic acids is 1. The number of hydrogen-bond donors (Lipinski definition) is 2. The highest BCUT2D eigenvalue weighted by Gasteiger charge is 2.28. The number of hydrogen-bond acceptors (Lipinski definition) is 4. The summed E-state index contributed by atoms with van der Waals surface area (Å²) in [6.45, 7) is -0.668. The minimum Gasteiger partial charge on any atom is -0.482 e. The Morgan fingerprint density at radius 2 is 2.00 bits per heavy atom. The number of rotatable bonds is 4. The van der Waals surface area contributed by atoms with Crippen LogP contribution in [-0.2, 0) is 9.59 Å². The first kappa shape index (κ1) is 16.4. The van der Waals surface area contributed by atoms with Gasteiger partial charge in [-0.1, -0.05) is 12.1 Å². The standard InChI is InChI=1S/C17H13FN2O5/c18-11-3-1-2-4-12(11)19-15(21)8-20-13-7-10(17(23)24)5-6-14(13)25-9-16(20)22/h1-7H,8-9H2,(H,19,21)(H,23,24). The molecule has 0 bridgehead atoms. The van der Waals surface area contributed by atoms with Gasteiger partial charge in [-0.25, -0.2) is 9.18 Å². The molecular formula is C17H13FN2O5. The molecule has 2 aromatic carbocycles. The summed E-state index contributed by atoms with van der Waals surface area (Å²) in [6, 6.07) is 9.66. The summed E-state index contributed by atoms with van der Waals surface area (Å²) in [4.78, 5) is 36.5. The van der Waals surface area contributed by atoms with Crippen LogP contribution in [0.15, 0.2) is 42.5 Å². The van der Waals surface area contributed by atoms with Crippen molar-refractivity contribution in [3.05, 3.63) is 53.8 Å². The van der Waals surface area contributed by atoms with Gasteiger partial charge in [0.2, 0.25) is 5.91 Å². The van der Waals surface area contributed by atoms with E-state index < -0.39 is 30.1 Å². The minimum absolute atomic E-state index is 0.00674. The van der Waals surface area contributed by atoms with Gasteiger partial charge in [0.05, 0.1) is 16.9 Å². The molecule has 1 aliphatic heterocycles. The number of nitrogens with zero attached hydrogens (tertiary/aromatic N) is 1. The van der Waals surface area contributed by atoms with E-state index >= 15 is 0 Å². The zero-order valence-corrected chi connectivity index (χ0v) is 12.9. The molecule has 3 rings (SSSR count). The lowest BCUT2D eigenvalue weighted by Crippen LogP contribution is -2.43. The Bertz CT molecular complexity index is 868. The molecule has 1 aliphatic rings. The molecule has 25 heavy (non-hydrogen) atoms. The first-order valence-electron chi connectivity index (χ1n) is 7.30. The molecule has 0 radical (unpaired) electrons. The SMILES string of the molecule is O=C(CN1C(=O)COc2ccc(C(=O)O)cc21)Nc1ccccc1F. The number of fused-ring (bicyclic) bond motifs is 1. The highest BCUT2D eigenvalue weighted by molar-refractivity contribution is 6.05. The maximum absolute atomic E-state index is 13.6. The second kappa shape index (κ2) is 6.60. The third-order valence-corrected chi connectivity index (χ3v) is 3.60. The fraction of sp³-hybridized carbons (Fsp3) is 0.118. The molecular weight excluding hydrogens is 331 g/mol. The Kier molecular flexibility index (Phi) is 4.34. The van der Waals surface area contributed by atoms with Crippen molar-refractivity contribution >= 4 is 29.2 Å². The van der Waals surface area contributed by atoms with Gasteiger partial charge in [-0.15, -0.1) is 0 Å². The second-order valence-electron chi connectivity index (χ2n) is 5.28. The van der Waals surface area contributed by atoms with Crippen LogP contribution in [0.4, 0.5) is 15.8 Å². The average molecular weight is 344 g/mol. The van der Waals surface area contributed by atoms with Crippen LogP contribution >= 0.6 is 0 Å². The highest BCUT2D eigenvalue weighted by atomic mass is 19.1. The lowest BCUT2D eigenvalue weighted by atomic mass is 10.1. The van der Waals surface area contributed by atoms with Gasteiger partial charge in [0.15, 0.2) is 6.61 Å². The average Bonchev–Trinajstić information content (AvgIpc) is 2.59. The first-order chi connectivity index (χ1) is 12.0. The molecule has 7 nitrogen and oxygen atoms in total. The number of nitrogens with one attached hydrogen (secondary N) is 1. The van der Waals surface area contributed by atoms with Crippen LogP contribution in [0.2, 0.25) is 0 Å². The number of carboxylic acid groups (broad SMARTS) is 1. The number of halogens is 1. The third kappa shape index (κ3) is 3.42. The Balaban J connectivity index is 1.84. The van der Waals surface area contributed by atoms with E-state index in [1.165, 1.54) is 36.4 Å². The summed E-state index contributed by atoms with van der Waals surface area (Å²) in [6.07, 6.45) is 0. The summed E-state index contributed by atoms with van der Waals surface area (Å²) in [5.74, 6) is -2.59. The quantitative estimate of drug-likeness (QED) is 0.883. The van der Waals surface area contributed by atoms with Crippen molar-refractivity contribution in [2.75, 3.05) is 23.4 Å². The summed E-state index contributed by atoms with van der Waals surface area (Å²) < 4.78 is 18.8. The monoisotopic (exact) mass is 344 g/mol. The zero-order valence-electron chi connectivity index (χ0n) is 12.9. The van der Waals surface area contributed by atoms with Gasteiger partial charge in [0, 0.05) is 0 Å². The van der Waals surface area contributed by atoms with E-state index in [2.05, 4.69) is 5.32 Å². The number of para-hydroxylation sites is 1. The fourth-order valence-corrected chi connectivity index (χ4v) is 2.40. The third-order valence-electron chi connectivity index (χ3n) is 3.60. The van der Waals surface area contributed by atoms with Crippen LogP contribution in [0, 0.1) is 5.82 Å². The van der Waals surface area contributed by atoms with Crippen molar-refractivity contribution in [2.45, 2.75) is 0 Å². The molecule has 0 aliphatic carbocycles. The number of ether oxygens (including phenoxy) is 1. The van der Waals surface area contributed by atoms with Gasteiger partial charge in [-0.2, -0.15) is 0 Å². The normalized spacial score (nSPS) is 13.0. The van der Waals surface area contributed by atoms with E-state index in [4.69, 9.17) is 9.84 Å². The van der Waals surface area contributed by atoms with E-state index in [-0.39, 0.29) is 23.5 Å². The predicted octanol–water partition coefficient (Wildman–Crippen LogP) is 1.89. The minimum atomic E-state index is -1.17. The molecule has 0 unspecified atom stereocenters. The molecule has 1 heterocycles. The Morgan fingerprint density at radius 1 is 1.24 bits per heavy atom. The van der Waals surface area contributed by atoms with Crippen molar-refractivity contribution in [1.82, 2.24) is 0 Å². The summed E-state index contributed by atoms with van der Waals surface area (Å²) in [7, 11) is 0. The van der Waals surface area contributed by atoms with Crippen LogP contribution < -0.4 is 15.0 Å². The van der Waals surface area contributed by atoms with Gasteiger partial charge < -0.3 is 15.2 Å². The molecule has 0 saturated carbocycles.